The zero-order chi connectivity index (χ0) is 26.4. The Bertz CT molecular complexity index is 1460. The first-order valence-electron chi connectivity index (χ1n) is 11.5. The molecule has 0 saturated carbocycles. The van der Waals surface area contributed by atoms with Crippen LogP contribution in [0.1, 0.15) is 17.5 Å². The van der Waals surface area contributed by atoms with Crippen molar-refractivity contribution in [1.29, 1.82) is 5.26 Å². The van der Waals surface area contributed by atoms with Gasteiger partial charge in [0.1, 0.15) is 4.90 Å². The minimum absolute atomic E-state index is 0.251. The van der Waals surface area contributed by atoms with E-state index in [1.165, 1.54) is 36.1 Å². The monoisotopic (exact) mass is 526 g/mol. The molecule has 0 bridgehead atoms. The third kappa shape index (κ3) is 6.02. The van der Waals surface area contributed by atoms with Crippen LogP contribution in [-0.2, 0) is 14.8 Å². The van der Waals surface area contributed by atoms with E-state index in [1.807, 2.05) is 6.07 Å². The Balaban J connectivity index is 1.53. The van der Waals surface area contributed by atoms with Gasteiger partial charge >= 0.3 is 0 Å². The Morgan fingerprint density at radius 2 is 2.11 bits per heavy atom. The Kier molecular flexibility index (Phi) is 7.97. The number of pyridine rings is 1. The van der Waals surface area contributed by atoms with Crippen LogP contribution in [0.2, 0.25) is 0 Å². The molecule has 0 unspecified atom stereocenters. The van der Waals surface area contributed by atoms with Crippen molar-refractivity contribution in [2.24, 2.45) is 5.10 Å². The van der Waals surface area contributed by atoms with Gasteiger partial charge in [-0.2, -0.15) is 28.3 Å². The normalized spacial score (nSPS) is 14.6. The summed E-state index contributed by atoms with van der Waals surface area (Å²) in [7, 11) is -2.99. The van der Waals surface area contributed by atoms with Gasteiger partial charge in [-0.05, 0) is 31.2 Å². The Morgan fingerprint density at radius 1 is 1.32 bits per heavy atom. The lowest BCUT2D eigenvalue weighted by Gasteiger charge is -2.26. The number of nitrogens with zero attached hydrogens (tertiary/aromatic N) is 7. The number of nitro benzene ring substituents is 1. The lowest BCUT2D eigenvalue weighted by molar-refractivity contribution is -0.385. The third-order valence-electron chi connectivity index (χ3n) is 5.91. The highest BCUT2D eigenvalue weighted by molar-refractivity contribution is 7.89. The van der Waals surface area contributed by atoms with Crippen molar-refractivity contribution in [2.45, 2.75) is 11.3 Å². The summed E-state index contributed by atoms with van der Waals surface area (Å²) in [6.07, 6.45) is 5.18. The number of non-ortho nitro benzene ring substituents is 1. The van der Waals surface area contributed by atoms with Crippen LogP contribution in [0, 0.1) is 21.4 Å². The zero-order valence-electron chi connectivity index (χ0n) is 20.1. The summed E-state index contributed by atoms with van der Waals surface area (Å²) < 4.78 is 34.4. The van der Waals surface area contributed by atoms with Crippen LogP contribution >= 0.6 is 0 Å². The first-order valence-corrected chi connectivity index (χ1v) is 13.0. The quantitative estimate of drug-likeness (QED) is 0.180. The van der Waals surface area contributed by atoms with Crippen molar-refractivity contribution >= 4 is 33.1 Å². The van der Waals surface area contributed by atoms with Crippen LogP contribution in [0.25, 0.3) is 5.52 Å². The topological polar surface area (TPSA) is 158 Å². The number of morpholine rings is 1. The fourth-order valence-electron chi connectivity index (χ4n) is 3.85. The maximum atomic E-state index is 13.4. The van der Waals surface area contributed by atoms with Crippen LogP contribution in [0.3, 0.4) is 0 Å². The van der Waals surface area contributed by atoms with Crippen LogP contribution in [0.4, 0.5) is 11.4 Å². The second-order valence-corrected chi connectivity index (χ2v) is 10.2. The van der Waals surface area contributed by atoms with E-state index in [-0.39, 0.29) is 16.3 Å². The molecule has 4 rings (SSSR count). The summed E-state index contributed by atoms with van der Waals surface area (Å²) >= 11 is 0. The largest absolute Gasteiger partial charge is 0.384 e. The van der Waals surface area contributed by atoms with E-state index in [0.29, 0.717) is 36.4 Å². The lowest BCUT2D eigenvalue weighted by atomic mass is 10.2. The van der Waals surface area contributed by atoms with Gasteiger partial charge in [-0.25, -0.2) is 4.52 Å². The van der Waals surface area contributed by atoms with E-state index < -0.39 is 14.9 Å². The van der Waals surface area contributed by atoms with Crippen molar-refractivity contribution < 1.29 is 18.1 Å². The number of hydrogen-bond acceptors (Lipinski definition) is 10. The summed E-state index contributed by atoms with van der Waals surface area (Å²) in [5.41, 5.74) is 1.40. The number of nitrogens with one attached hydrogen (secondary N) is 1. The van der Waals surface area contributed by atoms with Gasteiger partial charge in [0.2, 0.25) is 0 Å². The molecule has 1 aliphatic rings. The number of nitriles is 1. The van der Waals surface area contributed by atoms with E-state index >= 15 is 0 Å². The van der Waals surface area contributed by atoms with Crippen LogP contribution < -0.4 is 5.32 Å². The van der Waals surface area contributed by atoms with Crippen molar-refractivity contribution in [2.75, 3.05) is 51.8 Å². The highest BCUT2D eigenvalue weighted by Crippen LogP contribution is 2.29. The molecule has 1 aliphatic heterocycles. The number of sulfonamides is 1. The fraction of sp³-hybridized carbons (Fsp3) is 0.348. The second-order valence-electron chi connectivity index (χ2n) is 8.31. The van der Waals surface area contributed by atoms with Gasteiger partial charge in [0.25, 0.3) is 15.7 Å². The van der Waals surface area contributed by atoms with Crippen molar-refractivity contribution in [3.05, 3.63) is 64.0 Å². The van der Waals surface area contributed by atoms with Gasteiger partial charge in [0, 0.05) is 50.6 Å². The van der Waals surface area contributed by atoms with E-state index in [1.54, 1.807) is 18.3 Å². The van der Waals surface area contributed by atoms with Gasteiger partial charge < -0.3 is 10.1 Å². The molecule has 14 heteroatoms. The third-order valence-corrected chi connectivity index (χ3v) is 7.60. The Labute approximate surface area is 213 Å². The predicted molar refractivity (Wildman–Crippen MR) is 136 cm³/mol. The number of fused-ring (bicyclic) bond motifs is 1. The van der Waals surface area contributed by atoms with E-state index in [2.05, 4.69) is 20.4 Å². The number of anilines is 1. The molecule has 1 aromatic carbocycles. The molecule has 13 nitrogen and oxygen atoms in total. The van der Waals surface area contributed by atoms with E-state index in [4.69, 9.17) is 10.00 Å². The molecule has 37 heavy (non-hydrogen) atoms. The predicted octanol–water partition coefficient (Wildman–Crippen LogP) is 1.90. The molecule has 194 valence electrons. The molecule has 1 fully saturated rings. The standard InChI is InChI=1S/C23H26N8O5S/c1-28(26-16-19-17-27-30-8-5-18(15-24)13-22(19)30)37(34,35)23-14-20(31(32)33)3-4-21(23)25-6-2-7-29-9-11-36-12-10-29/h3-5,8,13-14,16-17,25H,2,6-7,9-12H2,1H3/b26-16-. The molecule has 0 spiro atoms. The maximum absolute atomic E-state index is 13.4. The number of benzene rings is 1. The number of nitro groups is 1. The van der Waals surface area contributed by atoms with Crippen LogP contribution in [0.15, 0.2) is 52.7 Å². The summed E-state index contributed by atoms with van der Waals surface area (Å²) in [6.45, 7) is 4.39. The maximum Gasteiger partial charge on any atom is 0.281 e. The molecule has 0 aliphatic carbocycles. The van der Waals surface area contributed by atoms with E-state index in [0.717, 1.165) is 36.5 Å². The number of rotatable bonds is 10. The number of ether oxygens (including phenoxy) is 1. The van der Waals surface area contributed by atoms with Gasteiger partial charge in [-0.3, -0.25) is 15.0 Å². The molecular weight excluding hydrogens is 500 g/mol. The van der Waals surface area contributed by atoms with Crippen molar-refractivity contribution in [1.82, 2.24) is 18.9 Å². The molecular formula is C23H26N8O5S. The van der Waals surface area contributed by atoms with Gasteiger partial charge in [-0.15, -0.1) is 0 Å². The summed E-state index contributed by atoms with van der Waals surface area (Å²) in [6, 6.07) is 8.95. The highest BCUT2D eigenvalue weighted by atomic mass is 32.2. The van der Waals surface area contributed by atoms with Crippen molar-refractivity contribution in [3.63, 3.8) is 0 Å². The molecule has 2 aromatic heterocycles. The van der Waals surface area contributed by atoms with E-state index in [9.17, 15) is 18.5 Å². The lowest BCUT2D eigenvalue weighted by Crippen LogP contribution is -2.37. The molecule has 3 heterocycles. The van der Waals surface area contributed by atoms with Crippen molar-refractivity contribution in [3.8, 4) is 6.07 Å². The number of aromatic nitrogens is 2. The molecule has 3 aromatic rings. The summed E-state index contributed by atoms with van der Waals surface area (Å²) in [5, 5.41) is 31.8. The van der Waals surface area contributed by atoms with Gasteiger partial charge in [0.15, 0.2) is 0 Å². The Hall–Kier alpha value is -4.06. The zero-order valence-corrected chi connectivity index (χ0v) is 21.0. The minimum atomic E-state index is -4.24. The first-order chi connectivity index (χ1) is 17.8. The van der Waals surface area contributed by atoms with Gasteiger partial charge in [0.05, 0.1) is 53.4 Å². The number of hydrogen-bond donors (Lipinski definition) is 1. The summed E-state index contributed by atoms with van der Waals surface area (Å²) in [5.74, 6) is 0. The first kappa shape index (κ1) is 26.0. The second kappa shape index (κ2) is 11.3. The average molecular weight is 527 g/mol. The molecule has 0 radical (unpaired) electrons. The highest BCUT2D eigenvalue weighted by Gasteiger charge is 2.26. The van der Waals surface area contributed by atoms with Crippen LogP contribution in [0.5, 0.6) is 0 Å². The molecule has 0 amide bonds. The SMILES string of the molecule is CN(/N=C\c1cnn2ccc(C#N)cc12)S(=O)(=O)c1cc([N+](=O)[O-])ccc1NCCCN1CCOCC1. The minimum Gasteiger partial charge on any atom is -0.384 e. The number of hydrazone groups is 1. The average Bonchev–Trinajstić information content (AvgIpc) is 3.32. The summed E-state index contributed by atoms with van der Waals surface area (Å²) in [4.78, 5) is 12.7. The fourth-order valence-corrected chi connectivity index (χ4v) is 4.99. The Morgan fingerprint density at radius 3 is 2.84 bits per heavy atom. The molecule has 1 N–H and O–H groups in total. The smallest absolute Gasteiger partial charge is 0.281 e. The van der Waals surface area contributed by atoms with Crippen LogP contribution in [-0.4, -0.2) is 84.9 Å². The molecule has 1 saturated heterocycles. The van der Waals surface area contributed by atoms with Gasteiger partial charge in [-0.1, -0.05) is 0 Å². The molecule has 0 atom stereocenters.